The zero-order valence-corrected chi connectivity index (χ0v) is 13.5. The second kappa shape index (κ2) is 8.63. The fraction of sp³-hybridized carbons (Fsp3) is 0.438. The van der Waals surface area contributed by atoms with Crippen LogP contribution in [0, 0.1) is 17.2 Å². The minimum absolute atomic E-state index is 0.115. The van der Waals surface area contributed by atoms with E-state index in [0.717, 1.165) is 0 Å². The average molecular weight is 321 g/mol. The van der Waals surface area contributed by atoms with Crippen molar-refractivity contribution < 1.29 is 28.5 Å². The number of esters is 2. The summed E-state index contributed by atoms with van der Waals surface area (Å²) in [6.07, 6.45) is 0.115. The van der Waals surface area contributed by atoms with Crippen LogP contribution in [-0.2, 0) is 20.7 Å². The van der Waals surface area contributed by atoms with Crippen LogP contribution in [0.3, 0.4) is 0 Å². The fourth-order valence-corrected chi connectivity index (χ4v) is 2.05. The number of nitrogens with zero attached hydrogens (tertiary/aromatic N) is 1. The third kappa shape index (κ3) is 4.36. The molecule has 1 rings (SSSR count). The molecule has 0 aliphatic heterocycles. The summed E-state index contributed by atoms with van der Waals surface area (Å²) in [5, 5.41) is 9.13. The number of hydrogen-bond donors (Lipinski definition) is 0. The van der Waals surface area contributed by atoms with Crippen molar-refractivity contribution in [3.8, 4) is 17.6 Å². The topological polar surface area (TPSA) is 94.9 Å². The van der Waals surface area contributed by atoms with Gasteiger partial charge in [-0.2, -0.15) is 5.26 Å². The Morgan fingerprint density at radius 2 is 1.74 bits per heavy atom. The lowest BCUT2D eigenvalue weighted by Crippen LogP contribution is -2.18. The Morgan fingerprint density at radius 3 is 2.13 bits per heavy atom. The van der Waals surface area contributed by atoms with Crippen LogP contribution in [0.25, 0.3) is 0 Å². The monoisotopic (exact) mass is 321 g/mol. The van der Waals surface area contributed by atoms with Crippen molar-refractivity contribution >= 4 is 11.9 Å². The highest BCUT2D eigenvalue weighted by molar-refractivity contribution is 5.95. The molecular formula is C16H19NO6. The van der Waals surface area contributed by atoms with Crippen LogP contribution in [0.2, 0.25) is 0 Å². The lowest BCUT2D eigenvalue weighted by Gasteiger charge is -2.15. The van der Waals surface area contributed by atoms with Gasteiger partial charge >= 0.3 is 11.9 Å². The number of rotatable bonds is 7. The molecule has 124 valence electrons. The van der Waals surface area contributed by atoms with Gasteiger partial charge in [-0.25, -0.2) is 4.79 Å². The summed E-state index contributed by atoms with van der Waals surface area (Å²) in [4.78, 5) is 23.6. The largest absolute Gasteiger partial charge is 0.496 e. The average Bonchev–Trinajstić information content (AvgIpc) is 2.57. The molecule has 0 fully saturated rings. The minimum Gasteiger partial charge on any atom is -0.496 e. The molecule has 23 heavy (non-hydrogen) atoms. The molecule has 7 nitrogen and oxygen atoms in total. The molecular weight excluding hydrogens is 302 g/mol. The molecule has 1 aromatic carbocycles. The Hall–Kier alpha value is -2.75. The Kier molecular flexibility index (Phi) is 6.87. The normalized spacial score (nSPS) is 11.1. The molecule has 0 aliphatic carbocycles. The third-order valence-corrected chi connectivity index (χ3v) is 3.12. The summed E-state index contributed by atoms with van der Waals surface area (Å²) >= 11 is 0. The zero-order chi connectivity index (χ0) is 17.4. The van der Waals surface area contributed by atoms with Gasteiger partial charge in [-0.05, 0) is 31.0 Å². The van der Waals surface area contributed by atoms with Crippen LogP contribution in [0.4, 0.5) is 0 Å². The zero-order valence-electron chi connectivity index (χ0n) is 13.5. The van der Waals surface area contributed by atoms with E-state index in [4.69, 9.17) is 24.2 Å². The summed E-state index contributed by atoms with van der Waals surface area (Å²) in [6.45, 7) is 1.87. The number of ether oxygens (including phenoxy) is 4. The molecule has 1 aromatic rings. The molecule has 0 heterocycles. The first kappa shape index (κ1) is 18.3. The van der Waals surface area contributed by atoms with E-state index in [-0.39, 0.29) is 30.1 Å². The van der Waals surface area contributed by atoms with Crippen molar-refractivity contribution in [1.82, 2.24) is 0 Å². The minimum atomic E-state index is -0.951. The first-order valence-electron chi connectivity index (χ1n) is 6.91. The lowest BCUT2D eigenvalue weighted by atomic mass is 9.98. The summed E-state index contributed by atoms with van der Waals surface area (Å²) in [5.41, 5.74) is 0.747. The Morgan fingerprint density at radius 1 is 1.17 bits per heavy atom. The molecule has 0 aromatic heterocycles. The van der Waals surface area contributed by atoms with Gasteiger partial charge in [-0.3, -0.25) is 4.79 Å². The van der Waals surface area contributed by atoms with Gasteiger partial charge in [-0.15, -0.1) is 0 Å². The quantitative estimate of drug-likeness (QED) is 0.706. The van der Waals surface area contributed by atoms with Crippen molar-refractivity contribution in [1.29, 1.82) is 5.26 Å². The van der Waals surface area contributed by atoms with Crippen molar-refractivity contribution in [2.24, 2.45) is 5.92 Å². The van der Waals surface area contributed by atoms with Gasteiger partial charge in [0.1, 0.15) is 23.0 Å². The molecule has 1 unspecified atom stereocenters. The second-order valence-electron chi connectivity index (χ2n) is 4.50. The maximum absolute atomic E-state index is 11.8. The molecule has 0 spiro atoms. The molecule has 0 saturated heterocycles. The number of carbonyl (C=O) groups excluding carboxylic acids is 2. The summed E-state index contributed by atoms with van der Waals surface area (Å²) < 4.78 is 20.0. The van der Waals surface area contributed by atoms with E-state index < -0.39 is 17.9 Å². The predicted molar refractivity (Wildman–Crippen MR) is 80.3 cm³/mol. The maximum atomic E-state index is 11.8. The smallest absolute Gasteiger partial charge is 0.345 e. The highest BCUT2D eigenvalue weighted by Gasteiger charge is 2.24. The summed E-state index contributed by atoms with van der Waals surface area (Å²) in [7, 11) is 4.05. The highest BCUT2D eigenvalue weighted by Crippen LogP contribution is 2.32. The van der Waals surface area contributed by atoms with E-state index in [2.05, 4.69) is 0 Å². The standard InChI is InChI=1S/C16H19NO6/c1-5-23-15(18)11(9-17)6-10-7-12(20-2)14(16(19)22-4)13(8-10)21-3/h7-8,11H,5-6H2,1-4H3. The maximum Gasteiger partial charge on any atom is 0.345 e. The van der Waals surface area contributed by atoms with Crippen LogP contribution < -0.4 is 9.47 Å². The number of hydrogen-bond acceptors (Lipinski definition) is 7. The number of benzene rings is 1. The Labute approximate surface area is 134 Å². The lowest BCUT2D eigenvalue weighted by molar-refractivity contribution is -0.145. The summed E-state index contributed by atoms with van der Waals surface area (Å²) in [5.74, 6) is -1.66. The first-order valence-corrected chi connectivity index (χ1v) is 6.91. The molecule has 0 N–H and O–H groups in total. The second-order valence-corrected chi connectivity index (χ2v) is 4.50. The van der Waals surface area contributed by atoms with E-state index in [1.54, 1.807) is 19.1 Å². The molecule has 0 aliphatic rings. The number of methoxy groups -OCH3 is 3. The van der Waals surface area contributed by atoms with Gasteiger partial charge in [0.05, 0.1) is 34.0 Å². The van der Waals surface area contributed by atoms with Crippen LogP contribution in [0.1, 0.15) is 22.8 Å². The van der Waals surface area contributed by atoms with E-state index in [0.29, 0.717) is 5.56 Å². The molecule has 0 bridgehead atoms. The first-order chi connectivity index (χ1) is 11.0. The molecule has 0 radical (unpaired) electrons. The van der Waals surface area contributed by atoms with Gasteiger partial charge in [0.25, 0.3) is 0 Å². The predicted octanol–water partition coefficient (Wildman–Crippen LogP) is 1.74. The Bertz CT molecular complexity index is 594. The summed E-state index contributed by atoms with van der Waals surface area (Å²) in [6, 6.07) is 5.05. The van der Waals surface area contributed by atoms with Crippen molar-refractivity contribution in [2.45, 2.75) is 13.3 Å². The van der Waals surface area contributed by atoms with Gasteiger partial charge in [0, 0.05) is 0 Å². The SMILES string of the molecule is CCOC(=O)C(C#N)Cc1cc(OC)c(C(=O)OC)c(OC)c1. The van der Waals surface area contributed by atoms with Crippen LogP contribution >= 0.6 is 0 Å². The van der Waals surface area contributed by atoms with Crippen LogP contribution in [0.15, 0.2) is 12.1 Å². The number of nitriles is 1. The molecule has 0 saturated carbocycles. The number of carbonyl (C=O) groups is 2. The van der Waals surface area contributed by atoms with Gasteiger partial charge in [0.15, 0.2) is 0 Å². The van der Waals surface area contributed by atoms with Gasteiger partial charge in [-0.1, -0.05) is 0 Å². The molecule has 7 heteroatoms. The van der Waals surface area contributed by atoms with Crippen LogP contribution in [-0.4, -0.2) is 39.9 Å². The fourth-order valence-electron chi connectivity index (χ4n) is 2.05. The highest BCUT2D eigenvalue weighted by atomic mass is 16.5. The molecule has 1 atom stereocenters. The van der Waals surface area contributed by atoms with Gasteiger partial charge < -0.3 is 18.9 Å². The van der Waals surface area contributed by atoms with E-state index in [1.165, 1.54) is 21.3 Å². The van der Waals surface area contributed by atoms with E-state index >= 15 is 0 Å². The van der Waals surface area contributed by atoms with Crippen molar-refractivity contribution in [2.75, 3.05) is 27.9 Å². The molecule has 0 amide bonds. The van der Waals surface area contributed by atoms with Crippen molar-refractivity contribution in [3.05, 3.63) is 23.3 Å². The van der Waals surface area contributed by atoms with E-state index in [1.807, 2.05) is 6.07 Å². The third-order valence-electron chi connectivity index (χ3n) is 3.12. The Balaban J connectivity index is 3.21. The van der Waals surface area contributed by atoms with Crippen molar-refractivity contribution in [3.63, 3.8) is 0 Å². The van der Waals surface area contributed by atoms with Gasteiger partial charge in [0.2, 0.25) is 0 Å². The van der Waals surface area contributed by atoms with E-state index in [9.17, 15) is 9.59 Å². The van der Waals surface area contributed by atoms with Crippen LogP contribution in [0.5, 0.6) is 11.5 Å².